The minimum atomic E-state index is -0.925. The molecule has 0 atom stereocenters. The Labute approximate surface area is 146 Å². The zero-order chi connectivity index (χ0) is 18.4. The van der Waals surface area contributed by atoms with Crippen molar-refractivity contribution in [1.29, 1.82) is 0 Å². The number of ether oxygens (including phenoxy) is 2. The average molecular weight is 343 g/mol. The predicted octanol–water partition coefficient (Wildman–Crippen LogP) is 3.36. The van der Waals surface area contributed by atoms with E-state index >= 15 is 0 Å². The van der Waals surface area contributed by atoms with E-state index in [2.05, 4.69) is 5.32 Å². The SMILES string of the molecule is COc1ccc(C(=O)Nc2cccc(CC(=O)O)c2)c(OC(C)C)c1. The number of carboxylic acid groups (broad SMARTS) is 1. The van der Waals surface area contributed by atoms with Gasteiger partial charge in [0.2, 0.25) is 0 Å². The van der Waals surface area contributed by atoms with Crippen molar-refractivity contribution in [3.8, 4) is 11.5 Å². The van der Waals surface area contributed by atoms with Crippen molar-refractivity contribution in [1.82, 2.24) is 0 Å². The van der Waals surface area contributed by atoms with Gasteiger partial charge in [0.05, 0.1) is 25.2 Å². The normalized spacial score (nSPS) is 10.4. The summed E-state index contributed by atoms with van der Waals surface area (Å²) in [7, 11) is 1.54. The molecular weight excluding hydrogens is 322 g/mol. The molecule has 0 saturated heterocycles. The Morgan fingerprint density at radius 2 is 1.92 bits per heavy atom. The molecule has 0 aliphatic heterocycles. The molecule has 6 heteroatoms. The lowest BCUT2D eigenvalue weighted by Crippen LogP contribution is -2.16. The molecular formula is C19H21NO5. The molecule has 2 aromatic rings. The number of carbonyl (C=O) groups excluding carboxylic acids is 1. The summed E-state index contributed by atoms with van der Waals surface area (Å²) in [6, 6.07) is 11.7. The molecule has 0 bridgehead atoms. The maximum atomic E-state index is 12.6. The first-order chi connectivity index (χ1) is 11.9. The van der Waals surface area contributed by atoms with Gasteiger partial charge >= 0.3 is 5.97 Å². The first kappa shape index (κ1) is 18.3. The average Bonchev–Trinajstić information content (AvgIpc) is 2.53. The van der Waals surface area contributed by atoms with Crippen LogP contribution >= 0.6 is 0 Å². The Morgan fingerprint density at radius 1 is 1.16 bits per heavy atom. The van der Waals surface area contributed by atoms with Gasteiger partial charge in [-0.15, -0.1) is 0 Å². The van der Waals surface area contributed by atoms with Gasteiger partial charge in [0.1, 0.15) is 11.5 Å². The van der Waals surface area contributed by atoms with Crippen LogP contribution in [0.4, 0.5) is 5.69 Å². The second kappa shape index (κ2) is 8.19. The molecule has 0 aliphatic carbocycles. The lowest BCUT2D eigenvalue weighted by atomic mass is 10.1. The fraction of sp³-hybridized carbons (Fsp3) is 0.263. The van der Waals surface area contributed by atoms with Crippen molar-refractivity contribution in [2.45, 2.75) is 26.4 Å². The number of methoxy groups -OCH3 is 1. The second-order valence-corrected chi connectivity index (χ2v) is 5.75. The van der Waals surface area contributed by atoms with Gasteiger partial charge in [-0.2, -0.15) is 0 Å². The third-order valence-corrected chi connectivity index (χ3v) is 3.34. The molecule has 0 radical (unpaired) electrons. The predicted molar refractivity (Wildman–Crippen MR) is 94.5 cm³/mol. The van der Waals surface area contributed by atoms with E-state index in [-0.39, 0.29) is 18.4 Å². The fourth-order valence-electron chi connectivity index (χ4n) is 2.30. The Bertz CT molecular complexity index is 770. The number of carbonyl (C=O) groups is 2. The number of anilines is 1. The van der Waals surface area contributed by atoms with Crippen molar-refractivity contribution in [3.05, 3.63) is 53.6 Å². The van der Waals surface area contributed by atoms with E-state index in [9.17, 15) is 9.59 Å². The molecule has 2 aromatic carbocycles. The number of aliphatic carboxylic acids is 1. The molecule has 25 heavy (non-hydrogen) atoms. The van der Waals surface area contributed by atoms with Crippen molar-refractivity contribution >= 4 is 17.6 Å². The maximum Gasteiger partial charge on any atom is 0.307 e. The topological polar surface area (TPSA) is 84.9 Å². The highest BCUT2D eigenvalue weighted by molar-refractivity contribution is 6.06. The van der Waals surface area contributed by atoms with Gasteiger partial charge in [-0.3, -0.25) is 9.59 Å². The van der Waals surface area contributed by atoms with Crippen LogP contribution in [-0.2, 0) is 11.2 Å². The lowest BCUT2D eigenvalue weighted by molar-refractivity contribution is -0.136. The number of hydrogen-bond donors (Lipinski definition) is 2. The first-order valence-electron chi connectivity index (χ1n) is 7.86. The highest BCUT2D eigenvalue weighted by atomic mass is 16.5. The molecule has 0 aromatic heterocycles. The van der Waals surface area contributed by atoms with Crippen LogP contribution in [0.5, 0.6) is 11.5 Å². The molecule has 2 N–H and O–H groups in total. The monoisotopic (exact) mass is 343 g/mol. The molecule has 6 nitrogen and oxygen atoms in total. The standard InChI is InChI=1S/C19H21NO5/c1-12(2)25-17-11-15(24-3)7-8-16(17)19(23)20-14-6-4-5-13(9-14)10-18(21)22/h4-9,11-12H,10H2,1-3H3,(H,20,23)(H,21,22). The number of hydrogen-bond acceptors (Lipinski definition) is 4. The number of amides is 1. The Hall–Kier alpha value is -3.02. The van der Waals surface area contributed by atoms with Gasteiger partial charge in [-0.1, -0.05) is 12.1 Å². The van der Waals surface area contributed by atoms with E-state index in [1.54, 1.807) is 49.6 Å². The van der Waals surface area contributed by atoms with Gasteiger partial charge in [0.25, 0.3) is 5.91 Å². The third-order valence-electron chi connectivity index (χ3n) is 3.34. The van der Waals surface area contributed by atoms with Crippen LogP contribution < -0.4 is 14.8 Å². The van der Waals surface area contributed by atoms with Gasteiger partial charge in [-0.05, 0) is 43.7 Å². The Balaban J connectivity index is 2.24. The third kappa shape index (κ3) is 5.24. The minimum absolute atomic E-state index is 0.0995. The first-order valence-corrected chi connectivity index (χ1v) is 7.86. The summed E-state index contributed by atoms with van der Waals surface area (Å²) < 4.78 is 10.9. The fourth-order valence-corrected chi connectivity index (χ4v) is 2.30. The van der Waals surface area contributed by atoms with Crippen LogP contribution in [-0.4, -0.2) is 30.2 Å². The summed E-state index contributed by atoms with van der Waals surface area (Å²) in [6.07, 6.45) is -0.203. The maximum absolute atomic E-state index is 12.6. The van der Waals surface area contributed by atoms with E-state index in [1.807, 2.05) is 13.8 Å². The summed E-state index contributed by atoms with van der Waals surface area (Å²) in [6.45, 7) is 3.74. The van der Waals surface area contributed by atoms with Crippen LogP contribution in [0.3, 0.4) is 0 Å². The van der Waals surface area contributed by atoms with Gasteiger partial charge in [0, 0.05) is 11.8 Å². The molecule has 0 spiro atoms. The highest BCUT2D eigenvalue weighted by Crippen LogP contribution is 2.27. The molecule has 2 rings (SSSR count). The molecule has 0 aliphatic rings. The van der Waals surface area contributed by atoms with Crippen LogP contribution in [0.1, 0.15) is 29.8 Å². The Morgan fingerprint density at radius 3 is 2.56 bits per heavy atom. The smallest absolute Gasteiger partial charge is 0.307 e. The van der Waals surface area contributed by atoms with E-state index in [4.69, 9.17) is 14.6 Å². The second-order valence-electron chi connectivity index (χ2n) is 5.75. The number of benzene rings is 2. The van der Waals surface area contributed by atoms with E-state index in [0.717, 1.165) is 0 Å². The molecule has 0 heterocycles. The zero-order valence-electron chi connectivity index (χ0n) is 14.4. The lowest BCUT2D eigenvalue weighted by Gasteiger charge is -2.15. The van der Waals surface area contributed by atoms with E-state index in [0.29, 0.717) is 28.3 Å². The minimum Gasteiger partial charge on any atom is -0.497 e. The largest absolute Gasteiger partial charge is 0.497 e. The zero-order valence-corrected chi connectivity index (χ0v) is 14.4. The molecule has 0 fully saturated rings. The van der Waals surface area contributed by atoms with Crippen LogP contribution in [0, 0.1) is 0 Å². The number of nitrogens with one attached hydrogen (secondary N) is 1. The summed E-state index contributed by atoms with van der Waals surface area (Å²) in [4.78, 5) is 23.4. The summed E-state index contributed by atoms with van der Waals surface area (Å²) in [5, 5.41) is 11.6. The molecule has 0 saturated carbocycles. The van der Waals surface area contributed by atoms with Crippen molar-refractivity contribution in [2.24, 2.45) is 0 Å². The van der Waals surface area contributed by atoms with Gasteiger partial charge < -0.3 is 19.9 Å². The van der Waals surface area contributed by atoms with Crippen LogP contribution in [0.2, 0.25) is 0 Å². The number of rotatable bonds is 7. The number of carboxylic acids is 1. The van der Waals surface area contributed by atoms with Crippen molar-refractivity contribution in [2.75, 3.05) is 12.4 Å². The molecule has 1 amide bonds. The van der Waals surface area contributed by atoms with Crippen molar-refractivity contribution < 1.29 is 24.2 Å². The summed E-state index contributed by atoms with van der Waals surface area (Å²) in [5.41, 5.74) is 1.51. The molecule has 0 unspecified atom stereocenters. The van der Waals surface area contributed by atoms with Crippen molar-refractivity contribution in [3.63, 3.8) is 0 Å². The molecule has 132 valence electrons. The summed E-state index contributed by atoms with van der Waals surface area (Å²) >= 11 is 0. The Kier molecular flexibility index (Phi) is 6.00. The van der Waals surface area contributed by atoms with E-state index < -0.39 is 5.97 Å². The van der Waals surface area contributed by atoms with E-state index in [1.165, 1.54) is 0 Å². The summed E-state index contributed by atoms with van der Waals surface area (Å²) in [5.74, 6) is -0.249. The van der Waals surface area contributed by atoms with Gasteiger partial charge in [-0.25, -0.2) is 0 Å². The van der Waals surface area contributed by atoms with Gasteiger partial charge in [0.15, 0.2) is 0 Å². The highest BCUT2D eigenvalue weighted by Gasteiger charge is 2.15. The van der Waals surface area contributed by atoms with Crippen LogP contribution in [0.15, 0.2) is 42.5 Å². The quantitative estimate of drug-likeness (QED) is 0.805. The van der Waals surface area contributed by atoms with Crippen LogP contribution in [0.25, 0.3) is 0 Å².